The molecular formula is C17H26N6O3. The van der Waals surface area contributed by atoms with Crippen molar-refractivity contribution in [2.24, 2.45) is 4.99 Å². The Balaban J connectivity index is 1.79. The van der Waals surface area contributed by atoms with Crippen molar-refractivity contribution >= 4 is 17.6 Å². The molecule has 1 aliphatic heterocycles. The predicted octanol–water partition coefficient (Wildman–Crippen LogP) is 0.470. The van der Waals surface area contributed by atoms with Crippen molar-refractivity contribution in [1.29, 1.82) is 0 Å². The van der Waals surface area contributed by atoms with E-state index in [1.165, 1.54) is 6.07 Å². The van der Waals surface area contributed by atoms with Crippen LogP contribution in [0.25, 0.3) is 0 Å². The number of nitrogens with one attached hydrogen (secondary N) is 3. The van der Waals surface area contributed by atoms with Crippen LogP contribution in [0.2, 0.25) is 0 Å². The number of likely N-dealkylation sites (N-methyl/N-ethyl adjacent to an activating group) is 1. The number of amides is 1. The average molecular weight is 362 g/mol. The number of piperidine rings is 1. The zero-order chi connectivity index (χ0) is 18.9. The summed E-state index contributed by atoms with van der Waals surface area (Å²) in [5.74, 6) is 0.701. The number of carbonyl (C=O) groups is 1. The molecule has 0 spiro atoms. The van der Waals surface area contributed by atoms with Crippen LogP contribution in [0.4, 0.5) is 5.69 Å². The lowest BCUT2D eigenvalue weighted by molar-refractivity contribution is -0.384. The Morgan fingerprint density at radius 1 is 1.38 bits per heavy atom. The van der Waals surface area contributed by atoms with Crippen LogP contribution in [0, 0.1) is 10.1 Å². The van der Waals surface area contributed by atoms with Gasteiger partial charge in [-0.25, -0.2) is 0 Å². The van der Waals surface area contributed by atoms with Crippen LogP contribution >= 0.6 is 0 Å². The number of carbonyl (C=O) groups excluding carboxylic acids is 1. The van der Waals surface area contributed by atoms with Crippen molar-refractivity contribution in [3.8, 4) is 0 Å². The molecule has 0 bridgehead atoms. The smallest absolute Gasteiger partial charge is 0.269 e. The Hall–Kier alpha value is -2.68. The molecular weight excluding hydrogens is 336 g/mol. The van der Waals surface area contributed by atoms with Gasteiger partial charge >= 0.3 is 0 Å². The number of rotatable bonds is 6. The molecule has 0 unspecified atom stereocenters. The lowest BCUT2D eigenvalue weighted by Gasteiger charge is -2.32. The second-order valence-electron chi connectivity index (χ2n) is 6.22. The molecule has 0 saturated carbocycles. The number of hydrogen-bond acceptors (Lipinski definition) is 5. The lowest BCUT2D eigenvalue weighted by atomic mass is 10.1. The number of hydrogen-bond donors (Lipinski definition) is 3. The van der Waals surface area contributed by atoms with E-state index in [4.69, 9.17) is 0 Å². The Morgan fingerprint density at radius 3 is 2.73 bits per heavy atom. The molecule has 142 valence electrons. The van der Waals surface area contributed by atoms with E-state index in [1.807, 2.05) is 6.07 Å². The SMILES string of the molecule is CN=C(NCc1cccc([N+](=O)[O-])c1)NC1CCN(CC(=O)NC)CC1. The summed E-state index contributed by atoms with van der Waals surface area (Å²) in [5.41, 5.74) is 0.901. The number of non-ortho nitro benzene ring substituents is 1. The van der Waals surface area contributed by atoms with E-state index in [1.54, 1.807) is 26.2 Å². The van der Waals surface area contributed by atoms with Gasteiger partial charge in [0.1, 0.15) is 0 Å². The van der Waals surface area contributed by atoms with Gasteiger partial charge in [-0.15, -0.1) is 0 Å². The second-order valence-corrected chi connectivity index (χ2v) is 6.22. The topological polar surface area (TPSA) is 112 Å². The standard InChI is InChI=1S/C17H26N6O3/c1-18-16(24)12-22-8-6-14(7-9-22)21-17(19-2)20-11-13-4-3-5-15(10-13)23(25)26/h3-5,10,14H,6-9,11-12H2,1-2H3,(H,18,24)(H2,19,20,21). The molecule has 1 amide bonds. The number of benzene rings is 1. The van der Waals surface area contributed by atoms with Crippen molar-refractivity contribution in [2.75, 3.05) is 33.7 Å². The van der Waals surface area contributed by atoms with Gasteiger partial charge in [0.05, 0.1) is 11.5 Å². The number of guanidine groups is 1. The van der Waals surface area contributed by atoms with Gasteiger partial charge in [-0.1, -0.05) is 12.1 Å². The normalized spacial score (nSPS) is 16.2. The maximum atomic E-state index is 11.4. The third-order valence-electron chi connectivity index (χ3n) is 4.38. The molecule has 9 nitrogen and oxygen atoms in total. The fraction of sp³-hybridized carbons (Fsp3) is 0.529. The van der Waals surface area contributed by atoms with E-state index in [-0.39, 0.29) is 17.6 Å². The monoisotopic (exact) mass is 362 g/mol. The highest BCUT2D eigenvalue weighted by Gasteiger charge is 2.21. The van der Waals surface area contributed by atoms with E-state index in [9.17, 15) is 14.9 Å². The van der Waals surface area contributed by atoms with E-state index in [0.717, 1.165) is 31.5 Å². The van der Waals surface area contributed by atoms with Crippen molar-refractivity contribution in [3.63, 3.8) is 0 Å². The first-order valence-electron chi connectivity index (χ1n) is 8.65. The summed E-state index contributed by atoms with van der Waals surface area (Å²) in [6, 6.07) is 6.82. The summed E-state index contributed by atoms with van der Waals surface area (Å²) in [5, 5.41) is 20.1. The molecule has 3 N–H and O–H groups in total. The number of nitro groups is 1. The molecule has 2 rings (SSSR count). The Morgan fingerprint density at radius 2 is 2.12 bits per heavy atom. The molecule has 0 aliphatic carbocycles. The summed E-state index contributed by atoms with van der Waals surface area (Å²) in [7, 11) is 3.34. The van der Waals surface area contributed by atoms with Gasteiger partial charge in [0.25, 0.3) is 5.69 Å². The molecule has 1 aromatic carbocycles. The van der Waals surface area contributed by atoms with Crippen LogP contribution in [-0.2, 0) is 11.3 Å². The number of nitrogens with zero attached hydrogens (tertiary/aromatic N) is 3. The molecule has 1 aromatic rings. The molecule has 1 fully saturated rings. The Kier molecular flexibility index (Phi) is 7.34. The first-order valence-corrected chi connectivity index (χ1v) is 8.65. The second kappa shape index (κ2) is 9.71. The average Bonchev–Trinajstić information content (AvgIpc) is 2.66. The highest BCUT2D eigenvalue weighted by atomic mass is 16.6. The van der Waals surface area contributed by atoms with Crippen LogP contribution < -0.4 is 16.0 Å². The summed E-state index contributed by atoms with van der Waals surface area (Å²) in [6.07, 6.45) is 1.85. The first kappa shape index (κ1) is 19.6. The zero-order valence-electron chi connectivity index (χ0n) is 15.2. The predicted molar refractivity (Wildman–Crippen MR) is 100.0 cm³/mol. The van der Waals surface area contributed by atoms with E-state index in [2.05, 4.69) is 25.8 Å². The minimum atomic E-state index is -0.400. The minimum absolute atomic E-state index is 0.0332. The third-order valence-corrected chi connectivity index (χ3v) is 4.38. The van der Waals surface area contributed by atoms with E-state index < -0.39 is 4.92 Å². The highest BCUT2D eigenvalue weighted by molar-refractivity contribution is 5.80. The van der Waals surface area contributed by atoms with Crippen molar-refractivity contribution in [2.45, 2.75) is 25.4 Å². The summed E-state index contributed by atoms with van der Waals surface area (Å²) in [4.78, 5) is 28.2. The largest absolute Gasteiger partial charge is 0.358 e. The van der Waals surface area contributed by atoms with Gasteiger partial charge in [-0.05, 0) is 18.4 Å². The van der Waals surface area contributed by atoms with Gasteiger partial charge in [0.2, 0.25) is 5.91 Å². The summed E-state index contributed by atoms with van der Waals surface area (Å²) >= 11 is 0. The van der Waals surface area contributed by atoms with Crippen LogP contribution in [0.3, 0.4) is 0 Å². The fourth-order valence-electron chi connectivity index (χ4n) is 2.87. The van der Waals surface area contributed by atoms with Gasteiger partial charge in [-0.2, -0.15) is 0 Å². The maximum absolute atomic E-state index is 11.4. The number of nitro benzene ring substituents is 1. The highest BCUT2D eigenvalue weighted by Crippen LogP contribution is 2.13. The van der Waals surface area contributed by atoms with Gasteiger partial charge in [-0.3, -0.25) is 24.8 Å². The maximum Gasteiger partial charge on any atom is 0.269 e. The lowest BCUT2D eigenvalue weighted by Crippen LogP contribution is -2.49. The van der Waals surface area contributed by atoms with Crippen molar-refractivity contribution in [3.05, 3.63) is 39.9 Å². The molecule has 26 heavy (non-hydrogen) atoms. The van der Waals surface area contributed by atoms with E-state index in [0.29, 0.717) is 19.0 Å². The van der Waals surface area contributed by atoms with Crippen LogP contribution in [0.1, 0.15) is 18.4 Å². The third kappa shape index (κ3) is 5.99. The molecule has 9 heteroatoms. The van der Waals surface area contributed by atoms with Gasteiger partial charge in [0, 0.05) is 51.9 Å². The molecule has 0 atom stereocenters. The zero-order valence-corrected chi connectivity index (χ0v) is 15.2. The fourth-order valence-corrected chi connectivity index (χ4v) is 2.87. The molecule has 1 aliphatic rings. The summed E-state index contributed by atoms with van der Waals surface area (Å²) in [6.45, 7) is 2.60. The van der Waals surface area contributed by atoms with Crippen LogP contribution in [0.15, 0.2) is 29.3 Å². The minimum Gasteiger partial charge on any atom is -0.358 e. The quantitative estimate of drug-likeness (QED) is 0.294. The Labute approximate surface area is 153 Å². The Bertz CT molecular complexity index is 656. The van der Waals surface area contributed by atoms with Gasteiger partial charge < -0.3 is 16.0 Å². The van der Waals surface area contributed by atoms with E-state index >= 15 is 0 Å². The molecule has 0 aromatic heterocycles. The first-order chi connectivity index (χ1) is 12.5. The van der Waals surface area contributed by atoms with Crippen molar-refractivity contribution in [1.82, 2.24) is 20.9 Å². The van der Waals surface area contributed by atoms with Crippen molar-refractivity contribution < 1.29 is 9.72 Å². The van der Waals surface area contributed by atoms with Crippen LogP contribution in [0.5, 0.6) is 0 Å². The summed E-state index contributed by atoms with van der Waals surface area (Å²) < 4.78 is 0. The number of aliphatic imine (C=N–C) groups is 1. The number of likely N-dealkylation sites (tertiary alicyclic amines) is 1. The molecule has 0 radical (unpaired) electrons. The molecule has 1 saturated heterocycles. The molecule has 1 heterocycles. The van der Waals surface area contributed by atoms with Crippen LogP contribution in [-0.4, -0.2) is 61.5 Å². The van der Waals surface area contributed by atoms with Gasteiger partial charge in [0.15, 0.2) is 5.96 Å².